The maximum Gasteiger partial charge on any atom is 0.265 e. The maximum absolute atomic E-state index is 11.9. The van der Waals surface area contributed by atoms with Gasteiger partial charge >= 0.3 is 0 Å². The van der Waals surface area contributed by atoms with E-state index in [4.69, 9.17) is 0 Å². The van der Waals surface area contributed by atoms with E-state index in [2.05, 4.69) is 10.6 Å². The van der Waals surface area contributed by atoms with Gasteiger partial charge in [0.05, 0.1) is 4.88 Å². The summed E-state index contributed by atoms with van der Waals surface area (Å²) in [6, 6.07) is 8.79. The molecule has 2 aromatic rings. The van der Waals surface area contributed by atoms with E-state index >= 15 is 0 Å². The van der Waals surface area contributed by atoms with Crippen molar-refractivity contribution in [1.82, 2.24) is 5.32 Å². The van der Waals surface area contributed by atoms with E-state index in [1.807, 2.05) is 18.4 Å². The first-order chi connectivity index (χ1) is 9.11. The van der Waals surface area contributed by atoms with E-state index in [1.165, 1.54) is 11.3 Å². The van der Waals surface area contributed by atoms with Crippen LogP contribution in [0.4, 0.5) is 5.69 Å². The van der Waals surface area contributed by atoms with Crippen LogP contribution in [0.5, 0.6) is 0 Å². The molecule has 2 amide bonds. The molecular formula is C14H14N2O2S. The molecule has 19 heavy (non-hydrogen) atoms. The highest BCUT2D eigenvalue weighted by Crippen LogP contribution is 2.18. The van der Waals surface area contributed by atoms with Gasteiger partial charge in [0, 0.05) is 18.3 Å². The molecule has 0 unspecified atom stereocenters. The lowest BCUT2D eigenvalue weighted by atomic mass is 10.1. The van der Waals surface area contributed by atoms with Crippen LogP contribution in [0.3, 0.4) is 0 Å². The van der Waals surface area contributed by atoms with Crippen molar-refractivity contribution in [2.24, 2.45) is 0 Å². The van der Waals surface area contributed by atoms with E-state index in [-0.39, 0.29) is 11.8 Å². The first-order valence-electron chi connectivity index (χ1n) is 5.79. The first-order valence-corrected chi connectivity index (χ1v) is 6.67. The Morgan fingerprint density at radius 1 is 1.16 bits per heavy atom. The van der Waals surface area contributed by atoms with Crippen LogP contribution in [0.15, 0.2) is 35.7 Å². The van der Waals surface area contributed by atoms with Crippen molar-refractivity contribution in [2.45, 2.75) is 6.92 Å². The second kappa shape index (κ2) is 5.67. The lowest BCUT2D eigenvalue weighted by Crippen LogP contribution is -2.18. The minimum atomic E-state index is -0.140. The molecule has 0 aliphatic rings. The number of nitrogens with one attached hydrogen (secondary N) is 2. The highest BCUT2D eigenvalue weighted by Gasteiger charge is 2.10. The first kappa shape index (κ1) is 13.3. The molecule has 5 heteroatoms. The number of carbonyl (C=O) groups excluding carboxylic acids is 2. The minimum absolute atomic E-state index is 0.134. The number of aryl methyl sites for hydroxylation is 1. The summed E-state index contributed by atoms with van der Waals surface area (Å²) in [6.45, 7) is 1.86. The molecule has 0 atom stereocenters. The van der Waals surface area contributed by atoms with Crippen LogP contribution in [-0.2, 0) is 0 Å². The maximum atomic E-state index is 11.9. The van der Waals surface area contributed by atoms with Gasteiger partial charge in [0.2, 0.25) is 0 Å². The van der Waals surface area contributed by atoms with Gasteiger partial charge in [-0.15, -0.1) is 11.3 Å². The summed E-state index contributed by atoms with van der Waals surface area (Å²) in [5.74, 6) is -0.273. The van der Waals surface area contributed by atoms with E-state index in [9.17, 15) is 9.59 Å². The van der Waals surface area contributed by atoms with Crippen molar-refractivity contribution in [1.29, 1.82) is 0 Å². The molecule has 1 heterocycles. The standard InChI is InChI=1S/C14H14N2O2S/c1-9-8-10(13(17)15-2)5-6-11(9)16-14(18)12-4-3-7-19-12/h3-8H,1-2H3,(H,15,17)(H,16,18). The van der Waals surface area contributed by atoms with E-state index in [0.29, 0.717) is 16.1 Å². The number of thiophene rings is 1. The molecule has 4 nitrogen and oxygen atoms in total. The van der Waals surface area contributed by atoms with Crippen molar-refractivity contribution in [3.8, 4) is 0 Å². The van der Waals surface area contributed by atoms with Gasteiger partial charge in [-0.25, -0.2) is 0 Å². The van der Waals surface area contributed by atoms with Gasteiger partial charge in [-0.3, -0.25) is 9.59 Å². The van der Waals surface area contributed by atoms with E-state index in [0.717, 1.165) is 5.56 Å². The lowest BCUT2D eigenvalue weighted by molar-refractivity contribution is 0.0962. The van der Waals surface area contributed by atoms with Crippen LogP contribution < -0.4 is 10.6 Å². The number of benzene rings is 1. The Hall–Kier alpha value is -2.14. The van der Waals surface area contributed by atoms with Crippen LogP contribution in [0.25, 0.3) is 0 Å². The van der Waals surface area contributed by atoms with Gasteiger partial charge in [0.25, 0.3) is 11.8 Å². The average Bonchev–Trinajstić information content (AvgIpc) is 2.94. The van der Waals surface area contributed by atoms with Crippen molar-refractivity contribution in [2.75, 3.05) is 12.4 Å². The van der Waals surface area contributed by atoms with Gasteiger partial charge < -0.3 is 10.6 Å². The predicted octanol–water partition coefficient (Wildman–Crippen LogP) is 2.67. The van der Waals surface area contributed by atoms with Crippen molar-refractivity contribution >= 4 is 28.8 Å². The summed E-state index contributed by atoms with van der Waals surface area (Å²) in [7, 11) is 1.59. The molecular weight excluding hydrogens is 260 g/mol. The summed E-state index contributed by atoms with van der Waals surface area (Å²) < 4.78 is 0. The highest BCUT2D eigenvalue weighted by atomic mass is 32.1. The summed E-state index contributed by atoms with van der Waals surface area (Å²) in [5.41, 5.74) is 2.14. The third-order valence-corrected chi connectivity index (χ3v) is 3.58. The Morgan fingerprint density at radius 2 is 1.95 bits per heavy atom. The fraction of sp³-hybridized carbons (Fsp3) is 0.143. The summed E-state index contributed by atoms with van der Waals surface area (Å²) in [4.78, 5) is 24.1. The van der Waals surface area contributed by atoms with Crippen LogP contribution in [0, 0.1) is 6.92 Å². The second-order valence-corrected chi connectivity index (χ2v) is 4.99. The smallest absolute Gasteiger partial charge is 0.265 e. The van der Waals surface area contributed by atoms with E-state index in [1.54, 1.807) is 31.3 Å². The average molecular weight is 274 g/mol. The largest absolute Gasteiger partial charge is 0.355 e. The molecule has 0 saturated heterocycles. The molecule has 0 radical (unpaired) electrons. The molecule has 1 aromatic heterocycles. The number of hydrogen-bond donors (Lipinski definition) is 2. The van der Waals surface area contributed by atoms with Crippen LogP contribution in [0.2, 0.25) is 0 Å². The van der Waals surface area contributed by atoms with Crippen molar-refractivity contribution in [3.05, 3.63) is 51.7 Å². The lowest BCUT2D eigenvalue weighted by Gasteiger charge is -2.09. The molecule has 0 aliphatic heterocycles. The third-order valence-electron chi connectivity index (χ3n) is 2.71. The van der Waals surface area contributed by atoms with E-state index < -0.39 is 0 Å². The topological polar surface area (TPSA) is 58.2 Å². The summed E-state index contributed by atoms with van der Waals surface area (Å²) >= 11 is 1.39. The zero-order chi connectivity index (χ0) is 13.8. The minimum Gasteiger partial charge on any atom is -0.355 e. The molecule has 0 spiro atoms. The molecule has 0 saturated carbocycles. The Balaban J connectivity index is 2.18. The number of hydrogen-bond acceptors (Lipinski definition) is 3. The number of rotatable bonds is 3. The van der Waals surface area contributed by atoms with Crippen molar-refractivity contribution < 1.29 is 9.59 Å². The molecule has 0 aliphatic carbocycles. The molecule has 0 fully saturated rings. The van der Waals surface area contributed by atoms with Gasteiger partial charge in [0.1, 0.15) is 0 Å². The second-order valence-electron chi connectivity index (χ2n) is 4.04. The van der Waals surface area contributed by atoms with Gasteiger partial charge in [-0.05, 0) is 42.1 Å². The summed E-state index contributed by atoms with van der Waals surface area (Å²) in [5, 5.41) is 7.26. The quantitative estimate of drug-likeness (QED) is 0.904. The third kappa shape index (κ3) is 3.00. The zero-order valence-electron chi connectivity index (χ0n) is 10.7. The molecule has 98 valence electrons. The Bertz CT molecular complexity index is 606. The normalized spacial score (nSPS) is 10.0. The molecule has 2 rings (SSSR count). The number of anilines is 1. The van der Waals surface area contributed by atoms with Gasteiger partial charge in [-0.1, -0.05) is 6.07 Å². The fourth-order valence-corrected chi connectivity index (χ4v) is 2.30. The Kier molecular flexibility index (Phi) is 3.97. The number of carbonyl (C=O) groups is 2. The van der Waals surface area contributed by atoms with Gasteiger partial charge in [0.15, 0.2) is 0 Å². The van der Waals surface area contributed by atoms with Crippen molar-refractivity contribution in [3.63, 3.8) is 0 Å². The molecule has 2 N–H and O–H groups in total. The number of amides is 2. The molecule has 1 aromatic carbocycles. The van der Waals surface area contributed by atoms with Gasteiger partial charge in [-0.2, -0.15) is 0 Å². The zero-order valence-corrected chi connectivity index (χ0v) is 11.5. The Morgan fingerprint density at radius 3 is 2.53 bits per heavy atom. The molecule has 0 bridgehead atoms. The van der Waals surface area contributed by atoms with Crippen LogP contribution >= 0.6 is 11.3 Å². The monoisotopic (exact) mass is 274 g/mol. The SMILES string of the molecule is CNC(=O)c1ccc(NC(=O)c2cccs2)c(C)c1. The summed E-state index contributed by atoms with van der Waals surface area (Å²) in [6.07, 6.45) is 0. The predicted molar refractivity (Wildman–Crippen MR) is 76.8 cm³/mol. The van der Waals surface area contributed by atoms with Crippen LogP contribution in [0.1, 0.15) is 25.6 Å². The Labute approximate surface area is 115 Å². The van der Waals surface area contributed by atoms with Crippen LogP contribution in [-0.4, -0.2) is 18.9 Å². The highest BCUT2D eigenvalue weighted by molar-refractivity contribution is 7.12. The fourth-order valence-electron chi connectivity index (χ4n) is 1.68.